The van der Waals surface area contributed by atoms with E-state index in [0.717, 1.165) is 23.3 Å². The molecule has 0 unspecified atom stereocenters. The molecule has 1 aliphatic heterocycles. The largest absolute Gasteiger partial charge is 0.337 e. The van der Waals surface area contributed by atoms with Crippen LogP contribution in [-0.4, -0.2) is 58.3 Å². The van der Waals surface area contributed by atoms with E-state index in [0.29, 0.717) is 31.7 Å². The molecule has 4 rings (SSSR count). The normalized spacial score (nSPS) is 16.8. The zero-order chi connectivity index (χ0) is 19.0. The Labute approximate surface area is 159 Å². The fourth-order valence-electron chi connectivity index (χ4n) is 3.47. The van der Waals surface area contributed by atoms with E-state index in [1.165, 1.54) is 0 Å². The van der Waals surface area contributed by atoms with E-state index in [9.17, 15) is 8.42 Å². The van der Waals surface area contributed by atoms with Crippen LogP contribution in [0.15, 0.2) is 47.8 Å². The van der Waals surface area contributed by atoms with Gasteiger partial charge >= 0.3 is 0 Å². The van der Waals surface area contributed by atoms with Crippen molar-refractivity contribution in [1.82, 2.24) is 23.7 Å². The highest BCUT2D eigenvalue weighted by molar-refractivity contribution is 7.89. The minimum absolute atomic E-state index is 0.289. The van der Waals surface area contributed by atoms with Gasteiger partial charge in [-0.05, 0) is 24.6 Å². The number of aryl methyl sites for hydroxylation is 2. The molecule has 1 aromatic carbocycles. The first-order valence-corrected chi connectivity index (χ1v) is 10.4. The van der Waals surface area contributed by atoms with Crippen LogP contribution in [0.2, 0.25) is 0 Å². The summed E-state index contributed by atoms with van der Waals surface area (Å²) in [5.74, 6) is 0.986. The second-order valence-electron chi connectivity index (χ2n) is 6.98. The highest BCUT2D eigenvalue weighted by atomic mass is 32.2. The topological polar surface area (TPSA) is 71.3 Å². The number of benzene rings is 1. The molecule has 0 saturated carbocycles. The molecule has 3 aromatic rings. The molecule has 0 aliphatic carbocycles. The third kappa shape index (κ3) is 3.47. The lowest BCUT2D eigenvalue weighted by Crippen LogP contribution is -2.48. The fraction of sp³-hybridized carbons (Fsp3) is 0.368. The van der Waals surface area contributed by atoms with Crippen LogP contribution in [0.3, 0.4) is 0 Å². The number of fused-ring (bicyclic) bond motifs is 1. The first-order chi connectivity index (χ1) is 12.9. The van der Waals surface area contributed by atoms with E-state index < -0.39 is 10.0 Å². The van der Waals surface area contributed by atoms with Gasteiger partial charge in [-0.15, -0.1) is 0 Å². The molecule has 0 N–H and O–H groups in total. The van der Waals surface area contributed by atoms with Crippen LogP contribution in [0, 0.1) is 6.92 Å². The monoisotopic (exact) mass is 385 g/mol. The van der Waals surface area contributed by atoms with Crippen LogP contribution in [0.25, 0.3) is 10.9 Å². The molecule has 3 heterocycles. The minimum atomic E-state index is -3.57. The molecule has 2 aromatic heterocycles. The Morgan fingerprint density at radius 3 is 2.59 bits per heavy atom. The van der Waals surface area contributed by atoms with Gasteiger partial charge < -0.3 is 4.57 Å². The first-order valence-electron chi connectivity index (χ1n) is 8.99. The number of rotatable bonds is 4. The predicted molar refractivity (Wildman–Crippen MR) is 104 cm³/mol. The molecule has 0 bridgehead atoms. The average Bonchev–Trinajstić information content (AvgIpc) is 3.06. The summed E-state index contributed by atoms with van der Waals surface area (Å²) in [7, 11) is -1.60. The molecule has 8 heteroatoms. The number of aromatic nitrogens is 3. The summed E-state index contributed by atoms with van der Waals surface area (Å²) in [4.78, 5) is 11.3. The molecule has 1 fully saturated rings. The van der Waals surface area contributed by atoms with Gasteiger partial charge in [0.1, 0.15) is 10.7 Å². The number of pyridine rings is 1. The molecule has 0 radical (unpaired) electrons. The van der Waals surface area contributed by atoms with Gasteiger partial charge in [-0.25, -0.2) is 13.4 Å². The summed E-state index contributed by atoms with van der Waals surface area (Å²) in [5, 5.41) is 0.851. The number of sulfonamides is 1. The maximum Gasteiger partial charge on any atom is 0.245 e. The van der Waals surface area contributed by atoms with Crippen LogP contribution in [0.1, 0.15) is 11.4 Å². The van der Waals surface area contributed by atoms with E-state index in [1.54, 1.807) is 28.8 Å². The SMILES string of the molecule is Cc1cnc2c(S(=O)(=O)N3CCN(Cc4nccn4C)CC3)cccc2c1. The Kier molecular flexibility index (Phi) is 4.71. The van der Waals surface area contributed by atoms with Crippen molar-refractivity contribution in [3.8, 4) is 0 Å². The second kappa shape index (κ2) is 7.03. The van der Waals surface area contributed by atoms with Gasteiger partial charge in [-0.3, -0.25) is 9.88 Å². The Balaban J connectivity index is 1.53. The van der Waals surface area contributed by atoms with Crippen molar-refractivity contribution in [2.24, 2.45) is 7.05 Å². The Morgan fingerprint density at radius 1 is 1.11 bits per heavy atom. The summed E-state index contributed by atoms with van der Waals surface area (Å²) >= 11 is 0. The van der Waals surface area contributed by atoms with E-state index in [4.69, 9.17) is 0 Å². The van der Waals surface area contributed by atoms with Crippen LogP contribution >= 0.6 is 0 Å². The number of imidazole rings is 1. The number of hydrogen-bond donors (Lipinski definition) is 0. The van der Waals surface area contributed by atoms with Crippen molar-refractivity contribution in [2.75, 3.05) is 26.2 Å². The number of hydrogen-bond acceptors (Lipinski definition) is 5. The first kappa shape index (κ1) is 18.1. The van der Waals surface area contributed by atoms with Crippen molar-refractivity contribution >= 4 is 20.9 Å². The molecule has 27 heavy (non-hydrogen) atoms. The molecular formula is C19H23N5O2S. The van der Waals surface area contributed by atoms with Crippen molar-refractivity contribution in [2.45, 2.75) is 18.4 Å². The minimum Gasteiger partial charge on any atom is -0.337 e. The lowest BCUT2D eigenvalue weighted by molar-refractivity contribution is 0.177. The molecule has 1 aliphatic rings. The maximum absolute atomic E-state index is 13.2. The van der Waals surface area contributed by atoms with E-state index in [-0.39, 0.29) is 4.90 Å². The zero-order valence-electron chi connectivity index (χ0n) is 15.5. The molecule has 7 nitrogen and oxygen atoms in total. The van der Waals surface area contributed by atoms with E-state index in [2.05, 4.69) is 14.9 Å². The van der Waals surface area contributed by atoms with Crippen LogP contribution in [-0.2, 0) is 23.6 Å². The summed E-state index contributed by atoms with van der Waals surface area (Å²) < 4.78 is 30.0. The predicted octanol–water partition coefficient (Wildman–Crippen LogP) is 1.78. The average molecular weight is 385 g/mol. The summed E-state index contributed by atoms with van der Waals surface area (Å²) in [5.41, 5.74) is 1.55. The molecule has 1 saturated heterocycles. The van der Waals surface area contributed by atoms with Gasteiger partial charge in [-0.2, -0.15) is 4.31 Å². The number of nitrogens with zero attached hydrogens (tertiary/aromatic N) is 5. The van der Waals surface area contributed by atoms with Gasteiger partial charge in [-0.1, -0.05) is 12.1 Å². The van der Waals surface area contributed by atoms with Crippen molar-refractivity contribution in [1.29, 1.82) is 0 Å². The third-order valence-electron chi connectivity index (χ3n) is 5.05. The van der Waals surface area contributed by atoms with Gasteiger partial charge in [0, 0.05) is 57.2 Å². The van der Waals surface area contributed by atoms with Crippen LogP contribution < -0.4 is 0 Å². The lowest BCUT2D eigenvalue weighted by atomic mass is 10.2. The molecule has 0 spiro atoms. The van der Waals surface area contributed by atoms with Crippen molar-refractivity contribution < 1.29 is 8.42 Å². The summed E-state index contributed by atoms with van der Waals surface area (Å²) in [6.45, 7) is 4.98. The molecule has 0 atom stereocenters. The van der Waals surface area contributed by atoms with Crippen LogP contribution in [0.5, 0.6) is 0 Å². The zero-order valence-corrected chi connectivity index (χ0v) is 16.4. The van der Waals surface area contributed by atoms with Crippen molar-refractivity contribution in [3.63, 3.8) is 0 Å². The summed E-state index contributed by atoms with van der Waals surface area (Å²) in [6, 6.07) is 7.30. The number of para-hydroxylation sites is 1. The Bertz CT molecular complexity index is 1070. The van der Waals surface area contributed by atoms with E-state index >= 15 is 0 Å². The van der Waals surface area contributed by atoms with E-state index in [1.807, 2.05) is 36.9 Å². The van der Waals surface area contributed by atoms with Crippen LogP contribution in [0.4, 0.5) is 0 Å². The quantitative estimate of drug-likeness (QED) is 0.685. The highest BCUT2D eigenvalue weighted by Gasteiger charge is 2.30. The van der Waals surface area contributed by atoms with Gasteiger partial charge in [0.15, 0.2) is 0 Å². The maximum atomic E-state index is 13.2. The third-order valence-corrected chi connectivity index (χ3v) is 6.98. The highest BCUT2D eigenvalue weighted by Crippen LogP contribution is 2.25. The second-order valence-corrected chi connectivity index (χ2v) is 8.88. The van der Waals surface area contributed by atoms with Gasteiger partial charge in [0.2, 0.25) is 10.0 Å². The van der Waals surface area contributed by atoms with Gasteiger partial charge in [0.05, 0.1) is 12.1 Å². The Morgan fingerprint density at radius 2 is 1.89 bits per heavy atom. The fourth-order valence-corrected chi connectivity index (χ4v) is 5.05. The van der Waals surface area contributed by atoms with Crippen molar-refractivity contribution in [3.05, 3.63) is 54.2 Å². The molecule has 142 valence electrons. The lowest BCUT2D eigenvalue weighted by Gasteiger charge is -2.33. The smallest absolute Gasteiger partial charge is 0.245 e. The molecule has 0 amide bonds. The Hall–Kier alpha value is -2.29. The van der Waals surface area contributed by atoms with Gasteiger partial charge in [0.25, 0.3) is 0 Å². The standard InChI is InChI=1S/C19H23N5O2S/c1-15-12-16-4-3-5-17(19(16)21-13-15)27(25,26)24-10-8-23(9-11-24)14-18-20-6-7-22(18)2/h3-7,12-13H,8-11,14H2,1-2H3. The molecular weight excluding hydrogens is 362 g/mol. The summed E-state index contributed by atoms with van der Waals surface area (Å²) in [6.07, 6.45) is 5.42. The number of piperazine rings is 1.